The molecular formula is C98H170N4O42. The van der Waals surface area contributed by atoms with Crippen LogP contribution in [0.4, 0.5) is 0 Å². The van der Waals surface area contributed by atoms with Crippen LogP contribution in [0.5, 0.6) is 0 Å². The number of carbonyl (C=O) groups is 8. The molecule has 4 amide bonds. The number of ketones is 1. The minimum atomic E-state index is -3.71. The van der Waals surface area contributed by atoms with Gasteiger partial charge < -0.3 is 195 Å². The first kappa shape index (κ1) is 127. The van der Waals surface area contributed by atoms with E-state index in [1.807, 2.05) is 0 Å². The Morgan fingerprint density at radius 1 is 0.396 bits per heavy atom. The van der Waals surface area contributed by atoms with Crippen molar-refractivity contribution in [3.05, 3.63) is 24.3 Å². The zero-order chi connectivity index (χ0) is 107. The summed E-state index contributed by atoms with van der Waals surface area (Å²) < 4.78 is 72.1. The minimum absolute atomic E-state index is 0.0801. The van der Waals surface area contributed by atoms with E-state index in [0.29, 0.717) is 12.8 Å². The standard InChI is InChI=1S/C98H170N4O42/c1-7-9-11-13-15-17-19-21-22-23-24-25-26-27-28-29-30-32-34-36-38-40-42-44-72(118)102-61(62(113)43-41-39-37-35-33-31-20-18-16-14-12-10-8-2)55-133-91-82(125)81(124)84(70(53-107)135-91)137-92-83(126)89(85(71(54-108)136-92)138-90-60(45-56(3)109)76(119)78(121)67(50-104)134-90)144-98(95(131)132)48-65(116)75(101-59(6)112)88(143-98)80(123)69(52-106)140-97(94(129)130)47-64(115)74(100-58(5)111)87(142-97)79(122)68(51-105)139-96(93(127)128)46-63(114)73(99-57(4)110)86(141-96)77(120)66(117)49-103/h21-22,41,43,60-71,73-92,103-108,113-117,119-126H,7-20,23-40,42,44-55H2,1-6H3,(H,99,110)(H,100,111)(H,101,112)(H,102,118)(H,127,128)(H,129,130)(H,131,132)/b22-21-,43-41+/t60-,61+,62-,63+,64+,65+,66-,67-,68-,69-,70-,71-,73-,74-,75-,76-,77-,78+,79-,80-,81-,82-,83-,84-,85+,86?,87?,88?,89-,90+,91-,92+,96-,97-,98+/m1/s1. The number of hydrogen-bond acceptors (Lipinski definition) is 39. The molecule has 26 N–H and O–H groups in total. The molecule has 0 saturated carbocycles. The summed E-state index contributed by atoms with van der Waals surface area (Å²) in [5.41, 5.74) is 0. The highest BCUT2D eigenvalue weighted by Crippen LogP contribution is 2.45. The van der Waals surface area contributed by atoms with E-state index >= 15 is 0 Å². The third-order valence-corrected chi connectivity index (χ3v) is 27.4. The SMILES string of the molecule is CCCCCCCC/C=C\CCCCCCCCCCCCCCCC(=O)N[C@@H](CO[C@@H]1O[C@H](CO)[C@@H](O[C@@H]2O[C@H](CO)[C@H](O[C@@H]3O[C@H](CO)[C@H](O)[C@H](O)[C@H]3CC(C)=O)[C@H](O[C@]3(C(=O)O)C[C@H](O)[C@@H](NC(C)=O)C([C@H](O)[C@@H](CO)O[C@]4(C(=O)O)C[C@H](O)[C@@H](NC(C)=O)C([C@H](O)[C@@H](CO)O[C@]5(C(=O)O)C[C@H](O)[C@@H](NC(C)=O)C([C@H](O)[C@H](O)CO)O5)O4)O3)[C@H]2O)[C@H](O)[C@H]1O)[C@H](O)/C=C/CCCCCCCCCCCCC. The van der Waals surface area contributed by atoms with Crippen LogP contribution in [0.3, 0.4) is 0 Å². The summed E-state index contributed by atoms with van der Waals surface area (Å²) in [5.74, 6) is -23.6. The number of Topliss-reactive ketones (excluding diaryl/α,β-unsaturated/α-hetero) is 1. The number of allylic oxidation sites excluding steroid dienone is 3. The summed E-state index contributed by atoms with van der Waals surface area (Å²) in [6.45, 7) is -0.569. The molecule has 6 aliphatic rings. The minimum Gasteiger partial charge on any atom is -0.477 e. The van der Waals surface area contributed by atoms with Crippen molar-refractivity contribution >= 4 is 47.3 Å². The Labute approximate surface area is 841 Å². The molecule has 6 aliphatic heterocycles. The molecule has 35 atom stereocenters. The van der Waals surface area contributed by atoms with Gasteiger partial charge in [-0.1, -0.05) is 205 Å². The summed E-state index contributed by atoms with van der Waals surface area (Å²) in [7, 11) is 0. The van der Waals surface area contributed by atoms with Crippen LogP contribution in [0.25, 0.3) is 0 Å². The zero-order valence-electron chi connectivity index (χ0n) is 84.1. The van der Waals surface area contributed by atoms with Crippen LogP contribution in [0, 0.1) is 5.92 Å². The van der Waals surface area contributed by atoms with Gasteiger partial charge in [-0.3, -0.25) is 19.2 Å². The van der Waals surface area contributed by atoms with Crippen LogP contribution < -0.4 is 21.3 Å². The maximum atomic E-state index is 14.5. The lowest BCUT2D eigenvalue weighted by atomic mass is 9.86. The third-order valence-electron chi connectivity index (χ3n) is 27.4. The van der Waals surface area contributed by atoms with Crippen molar-refractivity contribution in [3.8, 4) is 0 Å². The number of hydrogen-bond donors (Lipinski definition) is 26. The van der Waals surface area contributed by atoms with Crippen LogP contribution in [0.15, 0.2) is 24.3 Å². The second-order valence-electron chi connectivity index (χ2n) is 39.2. The number of ether oxygens (including phenoxy) is 12. The highest BCUT2D eigenvalue weighted by molar-refractivity contribution is 5.79. The number of aliphatic carboxylic acids is 3. The molecule has 144 heavy (non-hydrogen) atoms. The van der Waals surface area contributed by atoms with Gasteiger partial charge in [-0.15, -0.1) is 0 Å². The summed E-state index contributed by atoms with van der Waals surface area (Å²) >= 11 is 0. The molecule has 0 aromatic carbocycles. The second-order valence-corrected chi connectivity index (χ2v) is 39.2. The lowest BCUT2D eigenvalue weighted by Gasteiger charge is -2.53. The molecule has 3 unspecified atom stereocenters. The van der Waals surface area contributed by atoms with Gasteiger partial charge in [0, 0.05) is 58.8 Å². The van der Waals surface area contributed by atoms with E-state index < -0.39 is 332 Å². The normalized spacial score (nSPS) is 32.8. The molecule has 6 heterocycles. The summed E-state index contributed by atoms with van der Waals surface area (Å²) in [5, 5.41) is 262. The van der Waals surface area contributed by atoms with E-state index in [2.05, 4.69) is 47.3 Å². The van der Waals surface area contributed by atoms with Gasteiger partial charge in [0.1, 0.15) is 122 Å². The Hall–Kier alpha value is -5.80. The van der Waals surface area contributed by atoms with E-state index in [-0.39, 0.29) is 6.42 Å². The van der Waals surface area contributed by atoms with Crippen molar-refractivity contribution in [1.82, 2.24) is 21.3 Å². The predicted molar refractivity (Wildman–Crippen MR) is 507 cm³/mol. The Bertz CT molecular complexity index is 3770. The van der Waals surface area contributed by atoms with E-state index in [9.17, 15) is 151 Å². The third kappa shape index (κ3) is 38.5. The number of carboxylic acids is 3. The molecule has 0 spiro atoms. The summed E-state index contributed by atoms with van der Waals surface area (Å²) in [6.07, 6.45) is -22.0. The quantitative estimate of drug-likeness (QED) is 0.0269. The average molecular weight is 2080 g/mol. The Balaban J connectivity index is 1.26. The first-order valence-corrected chi connectivity index (χ1v) is 51.7. The first-order valence-electron chi connectivity index (χ1n) is 51.7. The smallest absolute Gasteiger partial charge is 0.364 e. The van der Waals surface area contributed by atoms with Gasteiger partial charge in [0.15, 0.2) is 18.9 Å². The molecule has 6 saturated heterocycles. The molecule has 46 heteroatoms. The number of rotatable bonds is 71. The van der Waals surface area contributed by atoms with Gasteiger partial charge in [0.05, 0.1) is 101 Å². The zero-order valence-corrected chi connectivity index (χ0v) is 84.1. The molecule has 0 aromatic rings. The van der Waals surface area contributed by atoms with E-state index in [0.717, 1.165) is 105 Å². The highest BCUT2D eigenvalue weighted by atomic mass is 16.8. The lowest BCUT2D eigenvalue weighted by molar-refractivity contribution is -0.404. The second kappa shape index (κ2) is 65.4. The van der Waals surface area contributed by atoms with Gasteiger partial charge in [-0.05, 0) is 51.9 Å². The summed E-state index contributed by atoms with van der Waals surface area (Å²) in [6, 6.07) is -7.30. The predicted octanol–water partition coefficient (Wildman–Crippen LogP) is -0.532. The van der Waals surface area contributed by atoms with Crippen molar-refractivity contribution in [2.45, 2.75) is 492 Å². The number of nitrogens with one attached hydrogen (secondary N) is 4. The molecule has 0 radical (unpaired) electrons. The van der Waals surface area contributed by atoms with Crippen molar-refractivity contribution in [2.24, 2.45) is 5.92 Å². The van der Waals surface area contributed by atoms with Gasteiger partial charge in [0.2, 0.25) is 23.6 Å². The number of unbranched alkanes of at least 4 members (excludes halogenated alkanes) is 30. The van der Waals surface area contributed by atoms with Crippen LogP contribution in [0.1, 0.15) is 286 Å². The fourth-order valence-electron chi connectivity index (χ4n) is 19.4. The Morgan fingerprint density at radius 2 is 0.764 bits per heavy atom. The summed E-state index contributed by atoms with van der Waals surface area (Å²) in [4.78, 5) is 107. The number of amides is 4. The van der Waals surface area contributed by atoms with Crippen LogP contribution >= 0.6 is 0 Å². The molecule has 0 aromatic heterocycles. The highest BCUT2D eigenvalue weighted by Gasteiger charge is 2.65. The van der Waals surface area contributed by atoms with Crippen molar-refractivity contribution in [3.63, 3.8) is 0 Å². The fourth-order valence-corrected chi connectivity index (χ4v) is 19.4. The first-order chi connectivity index (χ1) is 68.6. The van der Waals surface area contributed by atoms with E-state index in [1.54, 1.807) is 6.08 Å². The molecule has 6 rings (SSSR count). The Kier molecular flexibility index (Phi) is 57.7. The van der Waals surface area contributed by atoms with Crippen molar-refractivity contribution < 1.29 is 208 Å². The van der Waals surface area contributed by atoms with Gasteiger partial charge >= 0.3 is 17.9 Å². The molecule has 0 bridgehead atoms. The van der Waals surface area contributed by atoms with E-state index in [4.69, 9.17) is 56.8 Å². The van der Waals surface area contributed by atoms with Crippen molar-refractivity contribution in [1.29, 1.82) is 0 Å². The largest absolute Gasteiger partial charge is 0.477 e. The molecular weight excluding hydrogens is 1910 g/mol. The monoisotopic (exact) mass is 2080 g/mol. The van der Waals surface area contributed by atoms with Gasteiger partial charge in [0.25, 0.3) is 17.4 Å². The maximum Gasteiger partial charge on any atom is 0.364 e. The van der Waals surface area contributed by atoms with Crippen LogP contribution in [-0.4, -0.2) is 413 Å². The molecule has 834 valence electrons. The van der Waals surface area contributed by atoms with Crippen molar-refractivity contribution in [2.75, 3.05) is 46.2 Å². The number of aliphatic hydroxyl groups is 19. The number of carboxylic acid groups (broad SMARTS) is 3. The lowest BCUT2D eigenvalue weighted by Crippen LogP contribution is -2.72. The molecule has 46 nitrogen and oxygen atoms in total. The maximum absolute atomic E-state index is 14.5. The average Bonchev–Trinajstić information content (AvgIpc) is 0.744. The number of aliphatic hydroxyl groups excluding tert-OH is 19. The topological polar surface area (TPSA) is 741 Å². The fraction of sp³-hybridized carbons (Fsp3) is 0.878. The van der Waals surface area contributed by atoms with Gasteiger partial charge in [-0.2, -0.15) is 0 Å². The molecule has 0 aliphatic carbocycles. The Morgan fingerprint density at radius 3 is 1.16 bits per heavy atom. The van der Waals surface area contributed by atoms with Crippen LogP contribution in [0.2, 0.25) is 0 Å². The molecule has 6 fully saturated rings. The van der Waals surface area contributed by atoms with Gasteiger partial charge in [-0.25, -0.2) is 14.4 Å². The van der Waals surface area contributed by atoms with Crippen LogP contribution in [-0.2, 0) is 95.2 Å². The number of carbonyl (C=O) groups excluding carboxylic acids is 5. The van der Waals surface area contributed by atoms with E-state index in [1.165, 1.54) is 128 Å².